The molecule has 3 aromatic rings. The fraction of sp³-hybridized carbons (Fsp3) is 0.179. The first-order valence-corrected chi connectivity index (χ1v) is 12.1. The maximum absolute atomic E-state index is 11.0. The van der Waals surface area contributed by atoms with Gasteiger partial charge in [-0.15, -0.1) is 0 Å². The molecule has 0 aromatic heterocycles. The second-order valence-corrected chi connectivity index (χ2v) is 10.2. The van der Waals surface area contributed by atoms with Crippen molar-refractivity contribution in [2.45, 2.75) is 25.7 Å². The van der Waals surface area contributed by atoms with E-state index in [1.54, 1.807) is 31.4 Å². The Morgan fingerprint density at radius 3 is 2.41 bits per heavy atom. The van der Waals surface area contributed by atoms with Crippen LogP contribution in [0.4, 0.5) is 0 Å². The molecule has 1 N–H and O–H groups in total. The van der Waals surface area contributed by atoms with E-state index in [0.29, 0.717) is 0 Å². The SMILES string of the molecule is COc1ccc(C2=CCC(C)(C)c3cc([Se]C#Cc4ccc(C(=O)O)cc4)ccc32)cc1. The molecule has 0 saturated carbocycles. The Kier molecular flexibility index (Phi) is 6.24. The molecule has 0 fully saturated rings. The van der Waals surface area contributed by atoms with Gasteiger partial charge in [0.25, 0.3) is 0 Å². The van der Waals surface area contributed by atoms with Gasteiger partial charge in [0.2, 0.25) is 0 Å². The van der Waals surface area contributed by atoms with Crippen LogP contribution >= 0.6 is 0 Å². The second kappa shape index (κ2) is 9.09. The van der Waals surface area contributed by atoms with Crippen LogP contribution in [0.2, 0.25) is 0 Å². The molecule has 0 radical (unpaired) electrons. The summed E-state index contributed by atoms with van der Waals surface area (Å²) in [5, 5.41) is 9.01. The van der Waals surface area contributed by atoms with Gasteiger partial charge in [0.1, 0.15) is 0 Å². The number of ether oxygens (including phenoxy) is 1. The van der Waals surface area contributed by atoms with Gasteiger partial charge >= 0.3 is 196 Å². The van der Waals surface area contributed by atoms with Crippen molar-refractivity contribution in [3.63, 3.8) is 0 Å². The third kappa shape index (κ3) is 4.65. The third-order valence-corrected chi connectivity index (χ3v) is 7.18. The molecule has 0 atom stereocenters. The summed E-state index contributed by atoms with van der Waals surface area (Å²) in [6.45, 7) is 4.58. The number of carboxylic acid groups (broad SMARTS) is 1. The Morgan fingerprint density at radius 2 is 1.75 bits per heavy atom. The van der Waals surface area contributed by atoms with Crippen molar-refractivity contribution in [1.29, 1.82) is 0 Å². The summed E-state index contributed by atoms with van der Waals surface area (Å²) in [6.07, 6.45) is 3.33. The van der Waals surface area contributed by atoms with Crippen molar-refractivity contribution in [2.75, 3.05) is 7.11 Å². The predicted octanol–water partition coefficient (Wildman–Crippen LogP) is 4.85. The number of aromatic carboxylic acids is 1. The monoisotopic (exact) mass is 488 g/mol. The van der Waals surface area contributed by atoms with Crippen molar-refractivity contribution in [3.8, 4) is 16.5 Å². The number of benzene rings is 3. The first kappa shape index (κ1) is 22.0. The van der Waals surface area contributed by atoms with E-state index in [4.69, 9.17) is 9.84 Å². The number of hydrogen-bond acceptors (Lipinski definition) is 2. The van der Waals surface area contributed by atoms with E-state index in [1.807, 2.05) is 12.1 Å². The number of allylic oxidation sites excluding steroid dienone is 1. The van der Waals surface area contributed by atoms with E-state index < -0.39 is 5.97 Å². The average molecular weight is 487 g/mol. The first-order chi connectivity index (χ1) is 15.4. The van der Waals surface area contributed by atoms with Gasteiger partial charge in [0.05, 0.1) is 0 Å². The Labute approximate surface area is 195 Å². The normalized spacial score (nSPS) is 13.9. The Morgan fingerprint density at radius 1 is 1.03 bits per heavy atom. The van der Waals surface area contributed by atoms with Crippen molar-refractivity contribution >= 4 is 31.0 Å². The average Bonchev–Trinajstić information content (AvgIpc) is 2.80. The number of hydrogen-bond donors (Lipinski definition) is 1. The van der Waals surface area contributed by atoms with Gasteiger partial charge in [-0.1, -0.05) is 0 Å². The number of rotatable bonds is 4. The molecule has 3 nitrogen and oxygen atoms in total. The molecular formula is C28H24O3Se. The van der Waals surface area contributed by atoms with Gasteiger partial charge in [0, 0.05) is 0 Å². The molecule has 4 rings (SSSR count). The fourth-order valence-electron chi connectivity index (χ4n) is 3.84. The van der Waals surface area contributed by atoms with Crippen molar-refractivity contribution in [3.05, 3.63) is 101 Å². The van der Waals surface area contributed by atoms with Crippen molar-refractivity contribution < 1.29 is 14.6 Å². The summed E-state index contributed by atoms with van der Waals surface area (Å²) < 4.78 is 6.55. The molecule has 1 aliphatic rings. The van der Waals surface area contributed by atoms with Crippen molar-refractivity contribution in [2.24, 2.45) is 0 Å². The van der Waals surface area contributed by atoms with E-state index in [9.17, 15) is 4.79 Å². The predicted molar refractivity (Wildman–Crippen MR) is 130 cm³/mol. The number of methoxy groups -OCH3 is 1. The molecular weight excluding hydrogens is 463 g/mol. The van der Waals surface area contributed by atoms with Gasteiger partial charge in [-0.05, 0) is 0 Å². The zero-order valence-electron chi connectivity index (χ0n) is 18.3. The van der Waals surface area contributed by atoms with E-state index in [-0.39, 0.29) is 25.9 Å². The second-order valence-electron chi connectivity index (χ2n) is 8.35. The van der Waals surface area contributed by atoms with Crippen LogP contribution in [-0.4, -0.2) is 33.1 Å². The summed E-state index contributed by atoms with van der Waals surface area (Å²) in [5.74, 6) is 3.11. The summed E-state index contributed by atoms with van der Waals surface area (Å²) >= 11 is 0.0119. The standard InChI is InChI=1S/C28H24O3Se/c1-28(2)16-14-24(20-8-10-22(31-3)11-9-20)25-13-12-23(18-26(25)28)32-17-15-19-4-6-21(7-5-19)27(29)30/h4-14,18H,16H2,1-3H3,(H,29,30). The Bertz CT molecular complexity index is 1240. The van der Waals surface area contributed by atoms with Gasteiger partial charge in [0.15, 0.2) is 0 Å². The number of carboxylic acids is 1. The van der Waals surface area contributed by atoms with Crippen LogP contribution in [-0.2, 0) is 5.41 Å². The Balaban J connectivity index is 1.59. The molecule has 0 saturated heterocycles. The maximum atomic E-state index is 11.0. The van der Waals surface area contributed by atoms with Gasteiger partial charge in [-0.2, -0.15) is 0 Å². The molecule has 1 aliphatic carbocycles. The third-order valence-electron chi connectivity index (χ3n) is 5.72. The van der Waals surface area contributed by atoms with E-state index in [0.717, 1.165) is 17.7 Å². The number of fused-ring (bicyclic) bond motifs is 1. The van der Waals surface area contributed by atoms with E-state index >= 15 is 0 Å². The van der Waals surface area contributed by atoms with Gasteiger partial charge in [-0.3, -0.25) is 0 Å². The van der Waals surface area contributed by atoms with Crippen molar-refractivity contribution in [1.82, 2.24) is 0 Å². The molecule has 0 spiro atoms. The van der Waals surface area contributed by atoms with Gasteiger partial charge < -0.3 is 0 Å². The van der Waals surface area contributed by atoms with Crippen LogP contribution in [0.5, 0.6) is 5.75 Å². The molecule has 0 bridgehead atoms. The van der Waals surface area contributed by atoms with Crippen LogP contribution in [0.1, 0.15) is 52.9 Å². The molecule has 0 amide bonds. The molecule has 0 aliphatic heterocycles. The molecule has 160 valence electrons. The summed E-state index contributed by atoms with van der Waals surface area (Å²) in [5.41, 5.74) is 6.29. The molecule has 0 unspecified atom stereocenters. The topological polar surface area (TPSA) is 46.5 Å². The zero-order valence-corrected chi connectivity index (χ0v) is 20.0. The van der Waals surface area contributed by atoms with E-state index in [2.05, 4.69) is 61.0 Å². The van der Waals surface area contributed by atoms with Crippen LogP contribution in [0.15, 0.2) is 72.8 Å². The quantitative estimate of drug-likeness (QED) is 0.423. The molecule has 4 heteroatoms. The molecule has 3 aromatic carbocycles. The van der Waals surface area contributed by atoms with E-state index in [1.165, 1.54) is 26.7 Å². The summed E-state index contributed by atoms with van der Waals surface area (Å²) in [7, 11) is 1.68. The minimum absolute atomic E-state index is 0.0119. The summed E-state index contributed by atoms with van der Waals surface area (Å²) in [4.78, 5) is 14.3. The zero-order chi connectivity index (χ0) is 22.7. The number of carbonyl (C=O) groups is 1. The van der Waals surface area contributed by atoms with Crippen LogP contribution in [0, 0.1) is 10.7 Å². The van der Waals surface area contributed by atoms with Crippen LogP contribution in [0.3, 0.4) is 0 Å². The van der Waals surface area contributed by atoms with Crippen LogP contribution < -0.4 is 9.20 Å². The summed E-state index contributed by atoms with van der Waals surface area (Å²) in [6, 6.07) is 21.7. The van der Waals surface area contributed by atoms with Gasteiger partial charge in [-0.25, -0.2) is 0 Å². The van der Waals surface area contributed by atoms with Crippen LogP contribution in [0.25, 0.3) is 5.57 Å². The Hall–Kier alpha value is -3.25. The minimum atomic E-state index is -0.923. The fourth-order valence-corrected chi connectivity index (χ4v) is 5.10. The molecule has 0 heterocycles. The first-order valence-electron chi connectivity index (χ1n) is 10.4. The molecule has 32 heavy (non-hydrogen) atoms.